The zero-order valence-electron chi connectivity index (χ0n) is 15.5. The van der Waals surface area contributed by atoms with Crippen LogP contribution < -0.4 is 10.2 Å². The van der Waals surface area contributed by atoms with Crippen molar-refractivity contribution < 1.29 is 22.4 Å². The van der Waals surface area contributed by atoms with Gasteiger partial charge in [-0.05, 0) is 38.8 Å². The standard InChI is InChI=1S/C18H21F3N4O2S/c1-3-25(4-2)15-9-14(18(19,20)21)23-17(24-15)28-10-12-7-8-13(27-12)16(26)22-11-5-6-11/h7-9,11H,3-6,10H2,1-2H3,(H,22,26). The number of amides is 1. The maximum Gasteiger partial charge on any atom is 0.433 e. The number of carbonyl (C=O) groups excluding carboxylic acids is 1. The van der Waals surface area contributed by atoms with Crippen LogP contribution in [0.5, 0.6) is 0 Å². The number of thioether (sulfide) groups is 1. The van der Waals surface area contributed by atoms with Crippen LogP contribution in [0.3, 0.4) is 0 Å². The van der Waals surface area contributed by atoms with E-state index < -0.39 is 11.9 Å². The molecule has 28 heavy (non-hydrogen) atoms. The van der Waals surface area contributed by atoms with Crippen LogP contribution in [0.4, 0.5) is 19.0 Å². The van der Waals surface area contributed by atoms with Crippen LogP contribution in [0.15, 0.2) is 27.8 Å². The number of halogens is 3. The first-order chi connectivity index (χ1) is 13.3. The van der Waals surface area contributed by atoms with Crippen molar-refractivity contribution in [3.8, 4) is 0 Å². The minimum Gasteiger partial charge on any atom is -0.455 e. The normalized spacial score (nSPS) is 14.2. The largest absolute Gasteiger partial charge is 0.455 e. The van der Waals surface area contributed by atoms with Gasteiger partial charge in [0.2, 0.25) is 0 Å². The summed E-state index contributed by atoms with van der Waals surface area (Å²) in [7, 11) is 0. The summed E-state index contributed by atoms with van der Waals surface area (Å²) in [5.74, 6) is 0.833. The average molecular weight is 414 g/mol. The van der Waals surface area contributed by atoms with Crippen LogP contribution in [-0.2, 0) is 11.9 Å². The molecule has 0 bridgehead atoms. The first kappa shape index (κ1) is 20.5. The molecular weight excluding hydrogens is 393 g/mol. The van der Waals surface area contributed by atoms with Crippen molar-refractivity contribution in [1.29, 1.82) is 0 Å². The van der Waals surface area contributed by atoms with E-state index in [1.165, 1.54) is 0 Å². The molecule has 0 saturated heterocycles. The highest BCUT2D eigenvalue weighted by atomic mass is 32.2. The summed E-state index contributed by atoms with van der Waals surface area (Å²) in [6, 6.07) is 4.37. The van der Waals surface area contributed by atoms with Crippen molar-refractivity contribution in [2.45, 2.75) is 49.8 Å². The van der Waals surface area contributed by atoms with Crippen LogP contribution in [0.2, 0.25) is 0 Å². The number of hydrogen-bond donors (Lipinski definition) is 1. The number of hydrogen-bond acceptors (Lipinski definition) is 6. The van der Waals surface area contributed by atoms with Crippen molar-refractivity contribution in [2.24, 2.45) is 0 Å². The van der Waals surface area contributed by atoms with Crippen LogP contribution in [-0.4, -0.2) is 35.0 Å². The number of furan rings is 1. The van der Waals surface area contributed by atoms with Gasteiger partial charge in [-0.2, -0.15) is 13.2 Å². The second-order valence-electron chi connectivity index (χ2n) is 6.37. The summed E-state index contributed by atoms with van der Waals surface area (Å²) in [5, 5.41) is 2.83. The van der Waals surface area contributed by atoms with Crippen LogP contribution in [0, 0.1) is 0 Å². The van der Waals surface area contributed by atoms with Crippen LogP contribution in [0.1, 0.15) is 48.7 Å². The van der Waals surface area contributed by atoms with Crippen molar-refractivity contribution in [2.75, 3.05) is 18.0 Å². The zero-order valence-corrected chi connectivity index (χ0v) is 16.4. The predicted octanol–water partition coefficient (Wildman–Crippen LogP) is 4.12. The smallest absolute Gasteiger partial charge is 0.433 e. The molecule has 152 valence electrons. The molecule has 1 saturated carbocycles. The van der Waals surface area contributed by atoms with Crippen molar-refractivity contribution in [3.05, 3.63) is 35.4 Å². The van der Waals surface area contributed by atoms with E-state index in [1.807, 2.05) is 13.8 Å². The molecule has 1 aliphatic carbocycles. The van der Waals surface area contributed by atoms with Crippen LogP contribution >= 0.6 is 11.8 Å². The molecule has 0 radical (unpaired) electrons. The van der Waals surface area contributed by atoms with Gasteiger partial charge in [0, 0.05) is 25.2 Å². The minimum atomic E-state index is -4.56. The average Bonchev–Trinajstić information content (AvgIpc) is 3.33. The number of nitrogens with zero attached hydrogens (tertiary/aromatic N) is 3. The molecule has 0 atom stereocenters. The topological polar surface area (TPSA) is 71.3 Å². The number of carbonyl (C=O) groups is 1. The molecule has 1 amide bonds. The highest BCUT2D eigenvalue weighted by Crippen LogP contribution is 2.32. The third-order valence-corrected chi connectivity index (χ3v) is 5.08. The molecule has 2 aromatic heterocycles. The molecule has 0 unspecified atom stereocenters. The molecule has 1 N–H and O–H groups in total. The van der Waals surface area contributed by atoms with E-state index in [1.54, 1.807) is 17.0 Å². The highest BCUT2D eigenvalue weighted by molar-refractivity contribution is 7.98. The first-order valence-corrected chi connectivity index (χ1v) is 10.0. The summed E-state index contributed by atoms with van der Waals surface area (Å²) in [6.07, 6.45) is -2.62. The molecule has 0 aliphatic heterocycles. The van der Waals surface area contributed by atoms with Crippen molar-refractivity contribution >= 4 is 23.5 Å². The monoisotopic (exact) mass is 414 g/mol. The number of alkyl halides is 3. The van der Waals surface area contributed by atoms with E-state index in [0.717, 1.165) is 30.7 Å². The van der Waals surface area contributed by atoms with Gasteiger partial charge >= 0.3 is 6.18 Å². The Morgan fingerprint density at radius 2 is 2.00 bits per heavy atom. The summed E-state index contributed by atoms with van der Waals surface area (Å²) in [5.41, 5.74) is -0.976. The van der Waals surface area contributed by atoms with Gasteiger partial charge in [0.1, 0.15) is 11.6 Å². The lowest BCUT2D eigenvalue weighted by molar-refractivity contribution is -0.141. The number of anilines is 1. The molecule has 10 heteroatoms. The maximum absolute atomic E-state index is 13.2. The van der Waals surface area contributed by atoms with E-state index in [4.69, 9.17) is 4.42 Å². The Morgan fingerprint density at radius 1 is 1.29 bits per heavy atom. The van der Waals surface area contributed by atoms with Crippen LogP contribution in [0.25, 0.3) is 0 Å². The third kappa shape index (κ3) is 5.18. The Morgan fingerprint density at radius 3 is 2.61 bits per heavy atom. The van der Waals surface area contributed by atoms with E-state index in [9.17, 15) is 18.0 Å². The Balaban J connectivity index is 1.73. The fourth-order valence-corrected chi connectivity index (χ4v) is 3.28. The lowest BCUT2D eigenvalue weighted by atomic mass is 10.3. The predicted molar refractivity (Wildman–Crippen MR) is 99.4 cm³/mol. The molecule has 2 heterocycles. The van der Waals surface area contributed by atoms with E-state index in [2.05, 4.69) is 15.3 Å². The number of nitrogens with one attached hydrogen (secondary N) is 1. The molecule has 2 aromatic rings. The molecule has 1 aliphatic rings. The lowest BCUT2D eigenvalue weighted by Crippen LogP contribution is -2.24. The SMILES string of the molecule is CCN(CC)c1cc(C(F)(F)F)nc(SCc2ccc(C(=O)NC3CC3)o2)n1. The Hall–Kier alpha value is -2.23. The van der Waals surface area contributed by atoms with Gasteiger partial charge in [0.05, 0.1) is 5.75 Å². The fourth-order valence-electron chi connectivity index (χ4n) is 2.53. The van der Waals surface area contributed by atoms with Gasteiger partial charge < -0.3 is 14.6 Å². The Bertz CT molecular complexity index is 832. The fraction of sp³-hybridized carbons (Fsp3) is 0.500. The van der Waals surface area contributed by atoms with Gasteiger partial charge in [0.15, 0.2) is 16.6 Å². The third-order valence-electron chi connectivity index (χ3n) is 4.21. The molecule has 6 nitrogen and oxygen atoms in total. The summed E-state index contributed by atoms with van der Waals surface area (Å²) < 4.78 is 45.1. The van der Waals surface area contributed by atoms with Crippen molar-refractivity contribution in [1.82, 2.24) is 15.3 Å². The molecule has 3 rings (SSSR count). The Labute approximate surface area is 164 Å². The second-order valence-corrected chi connectivity index (χ2v) is 7.31. The molecular formula is C18H21F3N4O2S. The van der Waals surface area contributed by atoms with Gasteiger partial charge in [0.25, 0.3) is 5.91 Å². The second kappa shape index (κ2) is 8.42. The van der Waals surface area contributed by atoms with Gasteiger partial charge in [-0.1, -0.05) is 11.8 Å². The number of rotatable bonds is 8. The Kier molecular flexibility index (Phi) is 6.17. The summed E-state index contributed by atoms with van der Waals surface area (Å²) in [6.45, 7) is 4.77. The maximum atomic E-state index is 13.2. The summed E-state index contributed by atoms with van der Waals surface area (Å²) >= 11 is 1.03. The molecule has 1 fully saturated rings. The van der Waals surface area contributed by atoms with Crippen molar-refractivity contribution in [3.63, 3.8) is 0 Å². The lowest BCUT2D eigenvalue weighted by Gasteiger charge is -2.21. The first-order valence-electron chi connectivity index (χ1n) is 9.03. The number of aromatic nitrogens is 2. The minimum absolute atomic E-state index is 0.0112. The summed E-state index contributed by atoms with van der Waals surface area (Å²) in [4.78, 5) is 21.6. The van der Waals surface area contributed by atoms with Gasteiger partial charge in [-0.3, -0.25) is 4.79 Å². The molecule has 0 aromatic carbocycles. The van der Waals surface area contributed by atoms with E-state index in [0.29, 0.717) is 18.8 Å². The van der Waals surface area contributed by atoms with E-state index >= 15 is 0 Å². The quantitative estimate of drug-likeness (QED) is 0.518. The zero-order chi connectivity index (χ0) is 20.3. The van der Waals surface area contributed by atoms with Gasteiger partial charge in [-0.15, -0.1) is 0 Å². The highest BCUT2D eigenvalue weighted by Gasteiger charge is 2.34. The van der Waals surface area contributed by atoms with E-state index in [-0.39, 0.29) is 34.4 Å². The molecule has 0 spiro atoms. The van der Waals surface area contributed by atoms with Gasteiger partial charge in [-0.25, -0.2) is 9.97 Å².